The van der Waals surface area contributed by atoms with Crippen molar-refractivity contribution >= 4 is 5.69 Å². The second-order valence-electron chi connectivity index (χ2n) is 4.06. The summed E-state index contributed by atoms with van der Waals surface area (Å²) in [6, 6.07) is 3.59. The molecule has 0 aromatic heterocycles. The zero-order chi connectivity index (χ0) is 11.4. The van der Waals surface area contributed by atoms with E-state index in [1.54, 1.807) is 0 Å². The maximum absolute atomic E-state index is 13.3. The minimum Gasteiger partial charge on any atom is -0.382 e. The van der Waals surface area contributed by atoms with E-state index in [0.717, 1.165) is 32.1 Å². The largest absolute Gasteiger partial charge is 0.382 e. The molecule has 4 heteroatoms. The lowest BCUT2D eigenvalue weighted by molar-refractivity contribution is 0.0699. The van der Waals surface area contributed by atoms with Gasteiger partial charge in [-0.1, -0.05) is 0 Å². The molecule has 0 unspecified atom stereocenters. The maximum Gasteiger partial charge on any atom is 0.149 e. The Morgan fingerprint density at radius 3 is 2.69 bits per heavy atom. The van der Waals surface area contributed by atoms with Gasteiger partial charge in [-0.3, -0.25) is 0 Å². The third-order valence-corrected chi connectivity index (χ3v) is 2.85. The van der Waals surface area contributed by atoms with Crippen LogP contribution in [0.1, 0.15) is 12.8 Å². The number of ether oxygens (including phenoxy) is 1. The fourth-order valence-corrected chi connectivity index (χ4v) is 1.84. The van der Waals surface area contributed by atoms with Crippen molar-refractivity contribution < 1.29 is 13.5 Å². The first-order chi connectivity index (χ1) is 7.75. The monoisotopic (exact) mass is 227 g/mol. The highest BCUT2D eigenvalue weighted by molar-refractivity contribution is 5.44. The van der Waals surface area contributed by atoms with Crippen molar-refractivity contribution in [2.24, 2.45) is 5.92 Å². The first kappa shape index (κ1) is 11.3. The lowest BCUT2D eigenvalue weighted by Gasteiger charge is -2.22. The van der Waals surface area contributed by atoms with Crippen LogP contribution in [0.15, 0.2) is 18.2 Å². The van der Waals surface area contributed by atoms with Crippen LogP contribution in [0.5, 0.6) is 0 Å². The Labute approximate surface area is 93.6 Å². The predicted octanol–water partition coefficient (Wildman–Crippen LogP) is 2.80. The molecule has 2 rings (SSSR count). The number of hydrogen-bond donors (Lipinski definition) is 1. The molecule has 0 aliphatic carbocycles. The van der Waals surface area contributed by atoms with Gasteiger partial charge >= 0.3 is 0 Å². The van der Waals surface area contributed by atoms with Crippen molar-refractivity contribution in [2.45, 2.75) is 12.8 Å². The van der Waals surface area contributed by atoms with Gasteiger partial charge in [0.2, 0.25) is 0 Å². The zero-order valence-corrected chi connectivity index (χ0v) is 9.01. The van der Waals surface area contributed by atoms with Crippen LogP contribution < -0.4 is 5.32 Å². The Bertz CT molecular complexity index is 351. The molecule has 0 radical (unpaired) electrons. The summed E-state index contributed by atoms with van der Waals surface area (Å²) in [5.41, 5.74) is 0.368. The molecule has 1 fully saturated rings. The van der Waals surface area contributed by atoms with E-state index in [1.807, 2.05) is 0 Å². The summed E-state index contributed by atoms with van der Waals surface area (Å²) in [4.78, 5) is 0. The molecule has 0 bridgehead atoms. The van der Waals surface area contributed by atoms with Crippen LogP contribution >= 0.6 is 0 Å². The fraction of sp³-hybridized carbons (Fsp3) is 0.500. The molecule has 1 aromatic rings. The lowest BCUT2D eigenvalue weighted by Crippen LogP contribution is -2.22. The number of rotatable bonds is 3. The third-order valence-electron chi connectivity index (χ3n) is 2.85. The van der Waals surface area contributed by atoms with Crippen molar-refractivity contribution in [3.05, 3.63) is 29.8 Å². The smallest absolute Gasteiger partial charge is 0.149 e. The lowest BCUT2D eigenvalue weighted by atomic mass is 10.0. The molecule has 1 heterocycles. The quantitative estimate of drug-likeness (QED) is 0.857. The highest BCUT2D eigenvalue weighted by atomic mass is 19.1. The molecule has 1 aliphatic heterocycles. The van der Waals surface area contributed by atoms with Crippen molar-refractivity contribution in [1.82, 2.24) is 0 Å². The van der Waals surface area contributed by atoms with E-state index in [-0.39, 0.29) is 0 Å². The van der Waals surface area contributed by atoms with Crippen molar-refractivity contribution in [3.63, 3.8) is 0 Å². The number of hydrogen-bond acceptors (Lipinski definition) is 2. The molecule has 0 spiro atoms. The molecule has 0 atom stereocenters. The number of benzene rings is 1. The molecular formula is C12H15F2NO. The summed E-state index contributed by atoms with van der Waals surface area (Å²) < 4.78 is 31.2. The van der Waals surface area contributed by atoms with Gasteiger partial charge in [-0.05, 0) is 30.9 Å². The van der Waals surface area contributed by atoms with Crippen molar-refractivity contribution in [1.29, 1.82) is 0 Å². The summed E-state index contributed by atoms with van der Waals surface area (Å²) in [5.74, 6) is -0.570. The Kier molecular flexibility index (Phi) is 3.72. The van der Waals surface area contributed by atoms with E-state index in [2.05, 4.69) is 5.32 Å². The number of nitrogens with one attached hydrogen (secondary N) is 1. The molecule has 1 aliphatic rings. The average Bonchev–Trinajstić information content (AvgIpc) is 2.29. The third kappa shape index (κ3) is 2.92. The molecular weight excluding hydrogens is 212 g/mol. The van der Waals surface area contributed by atoms with Gasteiger partial charge < -0.3 is 10.1 Å². The van der Waals surface area contributed by atoms with Gasteiger partial charge in [-0.15, -0.1) is 0 Å². The minimum absolute atomic E-state index is 0.368. The van der Waals surface area contributed by atoms with Crippen LogP contribution in [0.25, 0.3) is 0 Å². The normalized spacial score (nSPS) is 17.4. The summed E-state index contributed by atoms with van der Waals surface area (Å²) in [5, 5.41) is 3.01. The molecule has 2 nitrogen and oxygen atoms in total. The molecule has 0 amide bonds. The molecule has 88 valence electrons. The first-order valence-corrected chi connectivity index (χ1v) is 5.52. The van der Waals surface area contributed by atoms with Crippen LogP contribution in [-0.2, 0) is 4.74 Å². The summed E-state index contributed by atoms with van der Waals surface area (Å²) in [6.45, 7) is 2.27. The Morgan fingerprint density at radius 2 is 2.00 bits per heavy atom. The van der Waals surface area contributed by atoms with Crippen LogP contribution in [0.2, 0.25) is 0 Å². The van der Waals surface area contributed by atoms with Gasteiger partial charge in [-0.25, -0.2) is 8.78 Å². The average molecular weight is 227 g/mol. The van der Waals surface area contributed by atoms with Crippen LogP contribution in [0, 0.1) is 17.6 Å². The van der Waals surface area contributed by atoms with Crippen LogP contribution in [-0.4, -0.2) is 19.8 Å². The highest BCUT2D eigenvalue weighted by Gasteiger charge is 2.14. The minimum atomic E-state index is -0.547. The maximum atomic E-state index is 13.3. The van der Waals surface area contributed by atoms with E-state index in [4.69, 9.17) is 4.74 Å². The zero-order valence-electron chi connectivity index (χ0n) is 9.01. The van der Waals surface area contributed by atoms with Gasteiger partial charge in [0, 0.05) is 25.8 Å². The topological polar surface area (TPSA) is 21.3 Å². The van der Waals surface area contributed by atoms with E-state index in [9.17, 15) is 8.78 Å². The van der Waals surface area contributed by atoms with Crippen LogP contribution in [0.4, 0.5) is 14.5 Å². The van der Waals surface area contributed by atoms with E-state index in [0.29, 0.717) is 18.2 Å². The van der Waals surface area contributed by atoms with Gasteiger partial charge in [0.15, 0.2) is 0 Å². The molecule has 0 saturated carbocycles. The highest BCUT2D eigenvalue weighted by Crippen LogP contribution is 2.18. The van der Waals surface area contributed by atoms with Crippen molar-refractivity contribution in [3.8, 4) is 0 Å². The van der Waals surface area contributed by atoms with E-state index in [1.165, 1.54) is 12.1 Å². The van der Waals surface area contributed by atoms with E-state index < -0.39 is 11.6 Å². The second-order valence-corrected chi connectivity index (χ2v) is 4.06. The number of halogens is 2. The standard InChI is InChI=1S/C12H15F2NO/c13-10-1-2-12(11(14)7-10)15-8-9-3-5-16-6-4-9/h1-2,7,9,15H,3-6,8H2. The Hall–Kier alpha value is -1.16. The van der Waals surface area contributed by atoms with Gasteiger partial charge in [0.25, 0.3) is 0 Å². The Morgan fingerprint density at radius 1 is 1.25 bits per heavy atom. The summed E-state index contributed by atoms with van der Waals surface area (Å²) in [6.07, 6.45) is 1.99. The molecule has 1 aromatic carbocycles. The Balaban J connectivity index is 1.88. The number of anilines is 1. The molecule has 16 heavy (non-hydrogen) atoms. The molecule has 1 N–H and O–H groups in total. The summed E-state index contributed by atoms with van der Waals surface area (Å²) >= 11 is 0. The van der Waals surface area contributed by atoms with Gasteiger partial charge in [0.05, 0.1) is 5.69 Å². The van der Waals surface area contributed by atoms with Gasteiger partial charge in [0.1, 0.15) is 11.6 Å². The first-order valence-electron chi connectivity index (χ1n) is 5.52. The summed E-state index contributed by atoms with van der Waals surface area (Å²) in [7, 11) is 0. The second kappa shape index (κ2) is 5.25. The van der Waals surface area contributed by atoms with E-state index >= 15 is 0 Å². The van der Waals surface area contributed by atoms with Crippen molar-refractivity contribution in [2.75, 3.05) is 25.1 Å². The van der Waals surface area contributed by atoms with Crippen LogP contribution in [0.3, 0.4) is 0 Å². The van der Waals surface area contributed by atoms with Gasteiger partial charge in [-0.2, -0.15) is 0 Å². The predicted molar refractivity (Wildman–Crippen MR) is 58.4 cm³/mol. The fourth-order valence-electron chi connectivity index (χ4n) is 1.84. The molecule has 1 saturated heterocycles. The SMILES string of the molecule is Fc1ccc(NCC2CCOCC2)c(F)c1.